The van der Waals surface area contributed by atoms with Gasteiger partial charge in [0.1, 0.15) is 6.04 Å². The summed E-state index contributed by atoms with van der Waals surface area (Å²) in [5.74, 6) is -0.352. The van der Waals surface area contributed by atoms with Crippen molar-refractivity contribution in [1.82, 2.24) is 5.32 Å². The molecule has 0 aliphatic heterocycles. The summed E-state index contributed by atoms with van der Waals surface area (Å²) in [6.07, 6.45) is 1.82. The molecule has 1 amide bonds. The second-order valence-corrected chi connectivity index (χ2v) is 9.34. The van der Waals surface area contributed by atoms with E-state index in [0.717, 1.165) is 34.8 Å². The number of hydrogen-bond acceptors (Lipinski definition) is 4. The van der Waals surface area contributed by atoms with Gasteiger partial charge in [-0.25, -0.2) is 8.42 Å². The van der Waals surface area contributed by atoms with Crippen LogP contribution in [0.25, 0.3) is 0 Å². The van der Waals surface area contributed by atoms with Crippen LogP contribution < -0.4 is 14.5 Å². The first-order chi connectivity index (χ1) is 13.6. The molecule has 2 aromatic rings. The van der Waals surface area contributed by atoms with Gasteiger partial charge in [0.05, 0.1) is 11.9 Å². The van der Waals surface area contributed by atoms with E-state index < -0.39 is 16.1 Å². The molecule has 6 nitrogen and oxygen atoms in total. The standard InChI is InChI=1S/C21H28ClN3O3S/c1-16-11-12-19(15-20(16)22)25(29(4,27)28)17(2)21(26)23-13-8-14-24(3)18-9-6-5-7-10-18/h5-7,9-12,15,17H,8,13-14H2,1-4H3,(H,23,26). The van der Waals surface area contributed by atoms with Crippen LogP contribution >= 0.6 is 11.6 Å². The van der Waals surface area contributed by atoms with Gasteiger partial charge in [-0.05, 0) is 50.1 Å². The van der Waals surface area contributed by atoms with Crippen molar-refractivity contribution in [3.05, 3.63) is 59.1 Å². The van der Waals surface area contributed by atoms with Crippen molar-refractivity contribution in [1.29, 1.82) is 0 Å². The molecule has 0 aliphatic carbocycles. The maximum Gasteiger partial charge on any atom is 0.243 e. The lowest BCUT2D eigenvalue weighted by molar-refractivity contribution is -0.121. The Hall–Kier alpha value is -2.25. The first-order valence-corrected chi connectivity index (χ1v) is 11.6. The summed E-state index contributed by atoms with van der Waals surface area (Å²) in [5, 5.41) is 3.28. The highest BCUT2D eigenvalue weighted by Crippen LogP contribution is 2.26. The molecule has 0 radical (unpaired) electrons. The molecular formula is C21H28ClN3O3S. The summed E-state index contributed by atoms with van der Waals surface area (Å²) < 4.78 is 25.8. The average Bonchev–Trinajstić information content (AvgIpc) is 2.67. The van der Waals surface area contributed by atoms with Crippen molar-refractivity contribution in [2.45, 2.75) is 26.3 Å². The van der Waals surface area contributed by atoms with E-state index in [9.17, 15) is 13.2 Å². The van der Waals surface area contributed by atoms with Gasteiger partial charge in [-0.1, -0.05) is 35.9 Å². The number of nitrogens with zero attached hydrogens (tertiary/aromatic N) is 2. The maximum atomic E-state index is 12.6. The number of benzene rings is 2. The maximum absolute atomic E-state index is 12.6. The highest BCUT2D eigenvalue weighted by molar-refractivity contribution is 7.92. The van der Waals surface area contributed by atoms with Gasteiger partial charge in [-0.15, -0.1) is 0 Å². The monoisotopic (exact) mass is 437 g/mol. The number of sulfonamides is 1. The van der Waals surface area contributed by atoms with Crippen molar-refractivity contribution < 1.29 is 13.2 Å². The van der Waals surface area contributed by atoms with Gasteiger partial charge < -0.3 is 10.2 Å². The number of carbonyl (C=O) groups is 1. The number of nitrogens with one attached hydrogen (secondary N) is 1. The van der Waals surface area contributed by atoms with Crippen LogP contribution in [0.15, 0.2) is 48.5 Å². The molecule has 2 rings (SSSR count). The topological polar surface area (TPSA) is 69.7 Å². The Bertz CT molecular complexity index is 935. The molecule has 158 valence electrons. The molecule has 0 saturated carbocycles. The van der Waals surface area contributed by atoms with Gasteiger partial charge in [0.2, 0.25) is 15.9 Å². The Morgan fingerprint density at radius 1 is 1.14 bits per heavy atom. The molecule has 0 saturated heterocycles. The van der Waals surface area contributed by atoms with Crippen LogP contribution in [0.1, 0.15) is 18.9 Å². The third-order valence-electron chi connectivity index (χ3n) is 4.66. The molecule has 0 aromatic heterocycles. The van der Waals surface area contributed by atoms with Crippen LogP contribution in [0.3, 0.4) is 0 Å². The highest BCUT2D eigenvalue weighted by Gasteiger charge is 2.29. The molecule has 0 aliphatic rings. The normalized spacial score (nSPS) is 12.3. The van der Waals surface area contributed by atoms with E-state index >= 15 is 0 Å². The number of aryl methyl sites for hydroxylation is 1. The molecule has 29 heavy (non-hydrogen) atoms. The molecule has 2 aromatic carbocycles. The van der Waals surface area contributed by atoms with Crippen LogP contribution in [0.5, 0.6) is 0 Å². The van der Waals surface area contributed by atoms with Gasteiger partial charge in [0, 0.05) is 30.8 Å². The minimum absolute atomic E-state index is 0.352. The zero-order chi connectivity index (χ0) is 21.6. The van der Waals surface area contributed by atoms with Gasteiger partial charge in [-0.2, -0.15) is 0 Å². The first kappa shape index (κ1) is 23.0. The lowest BCUT2D eigenvalue weighted by Gasteiger charge is -2.28. The summed E-state index contributed by atoms with van der Waals surface area (Å²) in [6.45, 7) is 4.62. The van der Waals surface area contributed by atoms with Gasteiger partial charge in [0.15, 0.2) is 0 Å². The smallest absolute Gasteiger partial charge is 0.243 e. The predicted octanol–water partition coefficient (Wildman–Crippen LogP) is 3.45. The number of rotatable bonds is 9. The molecular weight excluding hydrogens is 410 g/mol. The van der Waals surface area contributed by atoms with Crippen LogP contribution in [0.2, 0.25) is 5.02 Å². The number of anilines is 2. The first-order valence-electron chi connectivity index (χ1n) is 9.40. The molecule has 0 fully saturated rings. The molecule has 1 unspecified atom stereocenters. The van der Waals surface area contributed by atoms with E-state index in [0.29, 0.717) is 17.3 Å². The molecule has 0 spiro atoms. The molecule has 0 bridgehead atoms. The Kier molecular flexibility index (Phi) is 7.93. The van der Waals surface area contributed by atoms with Crippen molar-refractivity contribution in [2.75, 3.05) is 35.6 Å². The van der Waals surface area contributed by atoms with Crippen LogP contribution in [-0.4, -0.2) is 46.8 Å². The second kappa shape index (κ2) is 9.98. The fraction of sp³-hybridized carbons (Fsp3) is 0.381. The Morgan fingerprint density at radius 3 is 2.38 bits per heavy atom. The summed E-state index contributed by atoms with van der Waals surface area (Å²) in [6, 6.07) is 14.0. The number of para-hydroxylation sites is 1. The summed E-state index contributed by atoms with van der Waals surface area (Å²) in [7, 11) is -1.67. The van der Waals surface area contributed by atoms with Crippen molar-refractivity contribution in [2.24, 2.45) is 0 Å². The van der Waals surface area contributed by atoms with Crippen LogP contribution in [-0.2, 0) is 14.8 Å². The number of halogens is 1. The summed E-state index contributed by atoms with van der Waals surface area (Å²) >= 11 is 6.15. The van der Waals surface area contributed by atoms with Gasteiger partial charge in [-0.3, -0.25) is 9.10 Å². The molecule has 1 atom stereocenters. The third-order valence-corrected chi connectivity index (χ3v) is 6.31. The number of hydrogen-bond donors (Lipinski definition) is 1. The summed E-state index contributed by atoms with van der Waals surface area (Å²) in [5.41, 5.74) is 2.31. The van der Waals surface area contributed by atoms with Crippen LogP contribution in [0, 0.1) is 6.92 Å². The van der Waals surface area contributed by atoms with Crippen LogP contribution in [0.4, 0.5) is 11.4 Å². The van der Waals surface area contributed by atoms with E-state index in [4.69, 9.17) is 11.6 Å². The highest BCUT2D eigenvalue weighted by atomic mass is 35.5. The minimum atomic E-state index is -3.67. The zero-order valence-corrected chi connectivity index (χ0v) is 18.8. The quantitative estimate of drug-likeness (QED) is 0.610. The fourth-order valence-electron chi connectivity index (χ4n) is 3.01. The Morgan fingerprint density at radius 2 is 1.79 bits per heavy atom. The van der Waals surface area contributed by atoms with Gasteiger partial charge >= 0.3 is 0 Å². The van der Waals surface area contributed by atoms with E-state index in [1.807, 2.05) is 44.3 Å². The lowest BCUT2D eigenvalue weighted by Crippen LogP contribution is -2.48. The van der Waals surface area contributed by atoms with E-state index in [1.54, 1.807) is 25.1 Å². The second-order valence-electron chi connectivity index (χ2n) is 7.07. The zero-order valence-electron chi connectivity index (χ0n) is 17.2. The van der Waals surface area contributed by atoms with Crippen molar-refractivity contribution >= 4 is 38.9 Å². The fourth-order valence-corrected chi connectivity index (χ4v) is 4.36. The molecule has 1 N–H and O–H groups in total. The van der Waals surface area contributed by atoms with E-state index in [2.05, 4.69) is 10.2 Å². The Balaban J connectivity index is 1.98. The summed E-state index contributed by atoms with van der Waals surface area (Å²) in [4.78, 5) is 14.7. The number of amides is 1. The predicted molar refractivity (Wildman–Crippen MR) is 120 cm³/mol. The molecule has 8 heteroatoms. The van der Waals surface area contributed by atoms with Crippen molar-refractivity contribution in [3.63, 3.8) is 0 Å². The minimum Gasteiger partial charge on any atom is -0.375 e. The number of carbonyl (C=O) groups excluding carboxylic acids is 1. The van der Waals surface area contributed by atoms with E-state index in [-0.39, 0.29) is 5.91 Å². The third kappa shape index (κ3) is 6.37. The lowest BCUT2D eigenvalue weighted by atomic mass is 10.2. The largest absolute Gasteiger partial charge is 0.375 e. The Labute approximate surface area is 178 Å². The molecule has 0 heterocycles. The van der Waals surface area contributed by atoms with E-state index in [1.165, 1.54) is 0 Å². The van der Waals surface area contributed by atoms with Crippen molar-refractivity contribution in [3.8, 4) is 0 Å². The van der Waals surface area contributed by atoms with Gasteiger partial charge in [0.25, 0.3) is 0 Å². The average molecular weight is 438 g/mol. The SMILES string of the molecule is Cc1ccc(N(C(C)C(=O)NCCCN(C)c2ccccc2)S(C)(=O)=O)cc1Cl.